The summed E-state index contributed by atoms with van der Waals surface area (Å²) in [5, 5.41) is 10.7. The summed E-state index contributed by atoms with van der Waals surface area (Å²) in [6, 6.07) is 14.8. The van der Waals surface area contributed by atoms with Gasteiger partial charge in [-0.15, -0.1) is 11.3 Å². The maximum atomic E-state index is 12.6. The second-order valence-corrected chi connectivity index (χ2v) is 8.29. The Bertz CT molecular complexity index is 1270. The zero-order valence-corrected chi connectivity index (χ0v) is 18.0. The monoisotopic (exact) mass is 452 g/mol. The maximum absolute atomic E-state index is 12.6. The van der Waals surface area contributed by atoms with Crippen molar-refractivity contribution in [2.24, 2.45) is 0 Å². The fourth-order valence-electron chi connectivity index (χ4n) is 3.26. The molecule has 31 heavy (non-hydrogen) atoms. The summed E-state index contributed by atoms with van der Waals surface area (Å²) in [5.41, 5.74) is 3.37. The highest BCUT2D eigenvalue weighted by molar-refractivity contribution is 7.12. The summed E-state index contributed by atoms with van der Waals surface area (Å²) in [7, 11) is 0. The summed E-state index contributed by atoms with van der Waals surface area (Å²) < 4.78 is 12.5. The molecule has 1 aliphatic heterocycles. The Morgan fingerprint density at radius 1 is 1.16 bits per heavy atom. The van der Waals surface area contributed by atoms with Crippen molar-refractivity contribution in [1.82, 2.24) is 14.8 Å². The lowest BCUT2D eigenvalue weighted by molar-refractivity contribution is -0.115. The zero-order chi connectivity index (χ0) is 21.4. The van der Waals surface area contributed by atoms with Crippen molar-refractivity contribution in [2.75, 3.05) is 12.1 Å². The van der Waals surface area contributed by atoms with Crippen LogP contribution in [0.25, 0.3) is 16.4 Å². The molecule has 0 fully saturated rings. The first-order valence-corrected chi connectivity index (χ1v) is 10.8. The Kier molecular flexibility index (Phi) is 5.09. The molecule has 156 valence electrons. The number of aryl methyl sites for hydroxylation is 1. The van der Waals surface area contributed by atoms with Crippen molar-refractivity contribution in [1.29, 1.82) is 0 Å². The van der Waals surface area contributed by atoms with Crippen molar-refractivity contribution in [2.45, 2.75) is 13.3 Å². The third-order valence-electron chi connectivity index (χ3n) is 4.72. The van der Waals surface area contributed by atoms with Crippen molar-refractivity contribution < 1.29 is 14.3 Å². The molecular formula is C22H17ClN4O3S. The number of benzene rings is 2. The fraction of sp³-hybridized carbons (Fsp3) is 0.136. The number of rotatable bonds is 5. The van der Waals surface area contributed by atoms with E-state index in [4.69, 9.17) is 26.1 Å². The molecular weight excluding hydrogens is 436 g/mol. The summed E-state index contributed by atoms with van der Waals surface area (Å²) in [5.74, 6) is 1.86. The first kappa shape index (κ1) is 19.6. The van der Waals surface area contributed by atoms with Gasteiger partial charge in [-0.25, -0.2) is 4.98 Å². The normalized spacial score (nSPS) is 12.2. The third-order valence-corrected chi connectivity index (χ3v) is 5.79. The SMILES string of the molecule is Cc1cc(NC(=O)Cc2ccc(Cl)cc2)n(-c2nc(-c3ccc4c(c3)OCO4)cs2)n1. The van der Waals surface area contributed by atoms with Crippen LogP contribution in [0.5, 0.6) is 11.5 Å². The predicted molar refractivity (Wildman–Crippen MR) is 119 cm³/mol. The average Bonchev–Trinajstić information content (AvgIpc) is 3.48. The summed E-state index contributed by atoms with van der Waals surface area (Å²) in [4.78, 5) is 17.3. The fourth-order valence-corrected chi connectivity index (χ4v) is 4.18. The predicted octanol–water partition coefficient (Wildman–Crippen LogP) is 4.87. The lowest BCUT2D eigenvalue weighted by Crippen LogP contribution is -2.17. The van der Waals surface area contributed by atoms with E-state index in [1.807, 2.05) is 48.7 Å². The molecule has 2 aromatic heterocycles. The molecule has 0 atom stereocenters. The molecule has 3 heterocycles. The largest absolute Gasteiger partial charge is 0.454 e. The minimum Gasteiger partial charge on any atom is -0.454 e. The van der Waals surface area contributed by atoms with Crippen LogP contribution in [0.2, 0.25) is 5.02 Å². The number of anilines is 1. The molecule has 4 aromatic rings. The highest BCUT2D eigenvalue weighted by Gasteiger charge is 2.17. The number of aromatic nitrogens is 3. The number of nitrogens with one attached hydrogen (secondary N) is 1. The van der Waals surface area contributed by atoms with Gasteiger partial charge in [0.15, 0.2) is 11.5 Å². The van der Waals surface area contributed by atoms with Crippen LogP contribution in [-0.4, -0.2) is 27.5 Å². The van der Waals surface area contributed by atoms with Gasteiger partial charge < -0.3 is 14.8 Å². The van der Waals surface area contributed by atoms with Crippen LogP contribution < -0.4 is 14.8 Å². The molecule has 0 bridgehead atoms. The Balaban J connectivity index is 1.37. The van der Waals surface area contributed by atoms with Crippen LogP contribution in [0.1, 0.15) is 11.3 Å². The van der Waals surface area contributed by atoms with E-state index in [1.54, 1.807) is 16.8 Å². The second-order valence-electron chi connectivity index (χ2n) is 7.02. The molecule has 0 unspecified atom stereocenters. The van der Waals surface area contributed by atoms with Crippen molar-refractivity contribution in [3.63, 3.8) is 0 Å². The van der Waals surface area contributed by atoms with Crippen molar-refractivity contribution in [3.05, 3.63) is 70.2 Å². The lowest BCUT2D eigenvalue weighted by Gasteiger charge is -2.07. The minimum atomic E-state index is -0.143. The minimum absolute atomic E-state index is 0.143. The van der Waals surface area contributed by atoms with Crippen LogP contribution in [0.15, 0.2) is 53.9 Å². The molecule has 1 aliphatic rings. The van der Waals surface area contributed by atoms with Gasteiger partial charge in [0, 0.05) is 22.0 Å². The number of amides is 1. The smallest absolute Gasteiger partial charge is 0.231 e. The quantitative estimate of drug-likeness (QED) is 0.467. The molecule has 1 N–H and O–H groups in total. The van der Waals surface area contributed by atoms with Gasteiger partial charge in [-0.05, 0) is 42.8 Å². The zero-order valence-electron chi connectivity index (χ0n) is 16.5. The van der Waals surface area contributed by atoms with Gasteiger partial charge in [0.25, 0.3) is 0 Å². The van der Waals surface area contributed by atoms with Crippen LogP contribution in [0.3, 0.4) is 0 Å². The van der Waals surface area contributed by atoms with E-state index in [1.165, 1.54) is 11.3 Å². The Morgan fingerprint density at radius 2 is 1.97 bits per heavy atom. The van der Waals surface area contributed by atoms with Gasteiger partial charge in [0.1, 0.15) is 5.82 Å². The van der Waals surface area contributed by atoms with Crippen LogP contribution >= 0.6 is 22.9 Å². The number of fused-ring (bicyclic) bond motifs is 1. The lowest BCUT2D eigenvalue weighted by atomic mass is 10.1. The molecule has 0 spiro atoms. The molecule has 5 rings (SSSR count). The molecule has 9 heteroatoms. The van der Waals surface area contributed by atoms with E-state index in [2.05, 4.69) is 10.4 Å². The number of ether oxygens (including phenoxy) is 2. The number of carbonyl (C=O) groups is 1. The first-order chi connectivity index (χ1) is 15.0. The van der Waals surface area contributed by atoms with E-state index in [9.17, 15) is 4.79 Å². The number of hydrogen-bond donors (Lipinski definition) is 1. The van der Waals surface area contributed by atoms with Gasteiger partial charge in [0.05, 0.1) is 17.8 Å². The molecule has 0 aliphatic carbocycles. The number of nitrogens with zero attached hydrogens (tertiary/aromatic N) is 3. The van der Waals surface area contributed by atoms with E-state index in [0.29, 0.717) is 21.7 Å². The Labute approximate surface area is 187 Å². The number of carbonyl (C=O) groups excluding carboxylic acids is 1. The van der Waals surface area contributed by atoms with Crippen LogP contribution in [0, 0.1) is 6.92 Å². The molecule has 0 saturated carbocycles. The Hall–Kier alpha value is -3.36. The van der Waals surface area contributed by atoms with E-state index >= 15 is 0 Å². The Morgan fingerprint density at radius 3 is 2.81 bits per heavy atom. The maximum Gasteiger partial charge on any atom is 0.231 e. The third kappa shape index (κ3) is 4.12. The molecule has 1 amide bonds. The van der Waals surface area contributed by atoms with Crippen LogP contribution in [0.4, 0.5) is 5.82 Å². The second kappa shape index (κ2) is 8.05. The van der Waals surface area contributed by atoms with Gasteiger partial charge in [-0.1, -0.05) is 23.7 Å². The molecule has 2 aromatic carbocycles. The van der Waals surface area contributed by atoms with E-state index in [0.717, 1.165) is 28.3 Å². The van der Waals surface area contributed by atoms with Gasteiger partial charge in [0.2, 0.25) is 17.8 Å². The summed E-state index contributed by atoms with van der Waals surface area (Å²) in [6.45, 7) is 2.10. The standard InChI is InChI=1S/C22H17ClN4O3S/c1-13-8-20(25-21(28)9-14-2-5-16(23)6-3-14)27(26-13)22-24-17(11-31-22)15-4-7-18-19(10-15)30-12-29-18/h2-8,10-11H,9,12H2,1H3,(H,25,28). The van der Waals surface area contributed by atoms with Gasteiger partial charge in [-0.2, -0.15) is 9.78 Å². The van der Waals surface area contributed by atoms with Gasteiger partial charge >= 0.3 is 0 Å². The van der Waals surface area contributed by atoms with Gasteiger partial charge in [-0.3, -0.25) is 4.79 Å². The molecule has 0 radical (unpaired) electrons. The molecule has 0 saturated heterocycles. The average molecular weight is 453 g/mol. The van der Waals surface area contributed by atoms with Crippen LogP contribution in [-0.2, 0) is 11.2 Å². The first-order valence-electron chi connectivity index (χ1n) is 9.52. The van der Waals surface area contributed by atoms with Crippen molar-refractivity contribution >= 4 is 34.7 Å². The van der Waals surface area contributed by atoms with Crippen molar-refractivity contribution in [3.8, 4) is 27.9 Å². The summed E-state index contributed by atoms with van der Waals surface area (Å²) in [6.07, 6.45) is 0.238. The topological polar surface area (TPSA) is 78.3 Å². The van der Waals surface area contributed by atoms with E-state index in [-0.39, 0.29) is 19.1 Å². The highest BCUT2D eigenvalue weighted by atomic mass is 35.5. The molecule has 7 nitrogen and oxygen atoms in total. The number of halogens is 1. The number of thiazole rings is 1. The number of hydrogen-bond acceptors (Lipinski definition) is 6. The van der Waals surface area contributed by atoms with E-state index < -0.39 is 0 Å². The highest BCUT2D eigenvalue weighted by Crippen LogP contribution is 2.36. The summed E-state index contributed by atoms with van der Waals surface area (Å²) >= 11 is 7.35.